The summed E-state index contributed by atoms with van der Waals surface area (Å²) in [6.45, 7) is 0. The van der Waals surface area contributed by atoms with Gasteiger partial charge in [-0.25, -0.2) is 8.78 Å². The summed E-state index contributed by atoms with van der Waals surface area (Å²) in [5, 5.41) is -6.10. The van der Waals surface area contributed by atoms with Crippen LogP contribution in [0.3, 0.4) is 0 Å². The quantitative estimate of drug-likeness (QED) is 0.491. The summed E-state index contributed by atoms with van der Waals surface area (Å²) in [4.78, 5) is 0. The molecule has 12 heteroatoms. The highest BCUT2D eigenvalue weighted by atomic mass is 79.9. The van der Waals surface area contributed by atoms with E-state index in [0.29, 0.717) is 0 Å². The van der Waals surface area contributed by atoms with Crippen LogP contribution in [0.2, 0.25) is 0 Å². The summed E-state index contributed by atoms with van der Waals surface area (Å²) in [7, 11) is 0. The third-order valence-corrected chi connectivity index (χ3v) is 3.22. The topological polar surface area (TPSA) is 0 Å². The standard InChI is InChI=1S/C5BrClF10/c6-1(8,4(12,13)14)2(7,9)3(10,11)5(15,16)17. The summed E-state index contributed by atoms with van der Waals surface area (Å²) in [5.41, 5.74) is 0. The van der Waals surface area contributed by atoms with Crippen molar-refractivity contribution in [3.05, 3.63) is 0 Å². The van der Waals surface area contributed by atoms with E-state index in [0.717, 1.165) is 15.9 Å². The number of halogens is 12. The highest BCUT2D eigenvalue weighted by molar-refractivity contribution is 9.10. The smallest absolute Gasteiger partial charge is 0.216 e. The van der Waals surface area contributed by atoms with Gasteiger partial charge in [-0.15, -0.1) is 0 Å². The van der Waals surface area contributed by atoms with Gasteiger partial charge in [-0.3, -0.25) is 0 Å². The molecule has 0 N–H and O–H groups in total. The molecule has 0 aliphatic carbocycles. The molecule has 0 fully saturated rings. The van der Waals surface area contributed by atoms with Gasteiger partial charge in [-0.1, -0.05) is 11.6 Å². The molecule has 0 aliphatic heterocycles. The first-order valence-electron chi connectivity index (χ1n) is 3.27. The van der Waals surface area contributed by atoms with Gasteiger partial charge in [0.1, 0.15) is 0 Å². The summed E-state index contributed by atoms with van der Waals surface area (Å²) in [6, 6.07) is 0. The summed E-state index contributed by atoms with van der Waals surface area (Å²) in [5.74, 6) is -6.77. The third kappa shape index (κ3) is 2.45. The minimum Gasteiger partial charge on any atom is -0.216 e. The van der Waals surface area contributed by atoms with Crippen LogP contribution < -0.4 is 0 Å². The third-order valence-electron chi connectivity index (χ3n) is 1.50. The number of hydrogen-bond donors (Lipinski definition) is 0. The molecular formula is C5BrClF10. The van der Waals surface area contributed by atoms with Gasteiger partial charge in [0.2, 0.25) is 0 Å². The molecule has 0 amide bonds. The Labute approximate surface area is 100 Å². The summed E-state index contributed by atoms with van der Waals surface area (Å²) < 4.78 is 115. The lowest BCUT2D eigenvalue weighted by Crippen LogP contribution is -2.64. The molecule has 17 heavy (non-hydrogen) atoms. The maximum atomic E-state index is 12.8. The lowest BCUT2D eigenvalue weighted by atomic mass is 10.1. The van der Waals surface area contributed by atoms with Crippen molar-refractivity contribution in [2.24, 2.45) is 0 Å². The second-order valence-corrected chi connectivity index (χ2v) is 4.33. The van der Waals surface area contributed by atoms with Crippen LogP contribution in [0.1, 0.15) is 0 Å². The van der Waals surface area contributed by atoms with E-state index >= 15 is 0 Å². The van der Waals surface area contributed by atoms with E-state index in [1.165, 1.54) is 0 Å². The molecule has 0 aromatic rings. The van der Waals surface area contributed by atoms with E-state index in [-0.39, 0.29) is 0 Å². The van der Waals surface area contributed by atoms with E-state index in [1.54, 1.807) is 0 Å². The van der Waals surface area contributed by atoms with Gasteiger partial charge in [0.15, 0.2) is 0 Å². The van der Waals surface area contributed by atoms with Crippen molar-refractivity contribution in [1.29, 1.82) is 0 Å². The summed E-state index contributed by atoms with van der Waals surface area (Å²) in [6.07, 6.45) is -13.2. The van der Waals surface area contributed by atoms with Crippen LogP contribution in [-0.2, 0) is 0 Å². The molecule has 0 heterocycles. The molecule has 104 valence electrons. The van der Waals surface area contributed by atoms with Gasteiger partial charge in [0.25, 0.3) is 0 Å². The zero-order valence-electron chi connectivity index (χ0n) is 7.04. The average Bonchev–Trinajstić information content (AvgIpc) is 1.98. The minimum absolute atomic E-state index is 0.774. The molecule has 0 nitrogen and oxygen atoms in total. The Kier molecular flexibility index (Phi) is 4.05. The molecule has 0 aromatic heterocycles. The average molecular weight is 365 g/mol. The number of hydrogen-bond acceptors (Lipinski definition) is 0. The Bertz CT molecular complexity index is 260. The van der Waals surface area contributed by atoms with Crippen molar-refractivity contribution >= 4 is 27.5 Å². The van der Waals surface area contributed by atoms with Crippen LogP contribution in [-0.4, -0.2) is 28.0 Å². The molecule has 0 aromatic carbocycles. The fourth-order valence-electron chi connectivity index (χ4n) is 0.553. The van der Waals surface area contributed by atoms with E-state index in [4.69, 9.17) is 0 Å². The van der Waals surface area contributed by atoms with Crippen molar-refractivity contribution in [1.82, 2.24) is 0 Å². The fraction of sp³-hybridized carbons (Fsp3) is 1.00. The molecular weight excluding hydrogens is 365 g/mol. The molecule has 0 radical (unpaired) electrons. The zero-order valence-corrected chi connectivity index (χ0v) is 9.38. The Morgan fingerprint density at radius 3 is 1.12 bits per heavy atom. The highest BCUT2D eigenvalue weighted by Gasteiger charge is 2.84. The first-order valence-corrected chi connectivity index (χ1v) is 4.44. The minimum atomic E-state index is -6.81. The van der Waals surface area contributed by atoms with Crippen LogP contribution in [0.15, 0.2) is 0 Å². The van der Waals surface area contributed by atoms with Gasteiger partial charge < -0.3 is 0 Å². The van der Waals surface area contributed by atoms with Crippen molar-refractivity contribution < 1.29 is 43.9 Å². The van der Waals surface area contributed by atoms with E-state index in [1.807, 2.05) is 0 Å². The molecule has 0 aliphatic rings. The van der Waals surface area contributed by atoms with Crippen molar-refractivity contribution in [3.63, 3.8) is 0 Å². The monoisotopic (exact) mass is 364 g/mol. The molecule has 0 saturated heterocycles. The van der Waals surface area contributed by atoms with Crippen LogP contribution in [0.4, 0.5) is 43.9 Å². The molecule has 0 saturated carbocycles. The molecule has 2 atom stereocenters. The maximum absolute atomic E-state index is 12.8. The first-order chi connectivity index (χ1) is 7.00. The van der Waals surface area contributed by atoms with Gasteiger partial charge in [0, 0.05) is 0 Å². The summed E-state index contributed by atoms with van der Waals surface area (Å²) >= 11 is 4.58. The molecule has 0 bridgehead atoms. The Balaban J connectivity index is 5.73. The molecule has 0 spiro atoms. The largest absolute Gasteiger partial charge is 0.458 e. The first kappa shape index (κ1) is 17.1. The fourth-order valence-corrected chi connectivity index (χ4v) is 1.02. The lowest BCUT2D eigenvalue weighted by molar-refractivity contribution is -0.340. The highest BCUT2D eigenvalue weighted by Crippen LogP contribution is 2.60. The second-order valence-electron chi connectivity index (χ2n) is 2.72. The van der Waals surface area contributed by atoms with E-state index in [2.05, 4.69) is 11.6 Å². The lowest BCUT2D eigenvalue weighted by Gasteiger charge is -2.37. The number of alkyl halides is 12. The van der Waals surface area contributed by atoms with Gasteiger partial charge in [0.05, 0.1) is 0 Å². The Morgan fingerprint density at radius 2 is 0.941 bits per heavy atom. The molecule has 0 rings (SSSR count). The Hall–Kier alpha value is 0.0700. The van der Waals surface area contributed by atoms with E-state index < -0.39 is 28.0 Å². The van der Waals surface area contributed by atoms with Crippen LogP contribution in [0, 0.1) is 0 Å². The van der Waals surface area contributed by atoms with Gasteiger partial charge >= 0.3 is 28.0 Å². The van der Waals surface area contributed by atoms with E-state index in [9.17, 15) is 43.9 Å². The van der Waals surface area contributed by atoms with Crippen LogP contribution in [0.25, 0.3) is 0 Å². The van der Waals surface area contributed by atoms with Crippen LogP contribution in [0.5, 0.6) is 0 Å². The van der Waals surface area contributed by atoms with Crippen molar-refractivity contribution in [3.8, 4) is 0 Å². The number of rotatable bonds is 2. The Morgan fingerprint density at radius 1 is 0.647 bits per heavy atom. The van der Waals surface area contributed by atoms with Crippen molar-refractivity contribution in [2.45, 2.75) is 28.0 Å². The zero-order chi connectivity index (χ0) is 14.5. The van der Waals surface area contributed by atoms with Crippen molar-refractivity contribution in [2.75, 3.05) is 0 Å². The van der Waals surface area contributed by atoms with Crippen LogP contribution >= 0.6 is 27.5 Å². The van der Waals surface area contributed by atoms with Gasteiger partial charge in [-0.2, -0.15) is 35.1 Å². The normalized spacial score (nSPS) is 21.9. The SMILES string of the molecule is FC(F)(F)C(F)(F)C(F)(Cl)C(F)(Br)C(F)(F)F. The maximum Gasteiger partial charge on any atom is 0.458 e. The molecule has 2 unspecified atom stereocenters. The second kappa shape index (κ2) is 4.04. The van der Waals surface area contributed by atoms with Gasteiger partial charge in [-0.05, 0) is 15.9 Å². The predicted molar refractivity (Wildman–Crippen MR) is 39.5 cm³/mol. The predicted octanol–water partition coefficient (Wildman–Crippen LogP) is 4.71.